The van der Waals surface area contributed by atoms with Crippen LogP contribution in [0.25, 0.3) is 11.1 Å². The van der Waals surface area contributed by atoms with E-state index in [1.165, 1.54) is 45.6 Å². The van der Waals surface area contributed by atoms with Crippen molar-refractivity contribution in [3.8, 4) is 0 Å². The van der Waals surface area contributed by atoms with E-state index in [9.17, 15) is 0 Å². The Balaban J connectivity index is -0.000000437. The number of halogens is 2. The molecule has 0 nitrogen and oxygen atoms in total. The van der Waals surface area contributed by atoms with Crippen LogP contribution in [0.5, 0.6) is 0 Å². The average molecular weight is 607 g/mol. The zero-order valence-electron chi connectivity index (χ0n) is 20.1. The maximum absolute atomic E-state index is 3.39. The molecule has 0 N–H and O–H groups in total. The molecule has 0 fully saturated rings. The van der Waals surface area contributed by atoms with Crippen LogP contribution >= 0.6 is 24.8 Å². The van der Waals surface area contributed by atoms with Gasteiger partial charge in [0, 0.05) is 0 Å². The summed E-state index contributed by atoms with van der Waals surface area (Å²) in [4.78, 5) is 0. The third-order valence-corrected chi connectivity index (χ3v) is 4.70. The fraction of sp³-hybridized carbons (Fsp3) is 0.214. The number of rotatable bonds is 2. The summed E-state index contributed by atoms with van der Waals surface area (Å²) in [6.45, 7) is 8.59. The van der Waals surface area contributed by atoms with Gasteiger partial charge in [0.1, 0.15) is 0 Å². The normalized spacial score (nSPS) is 17.3. The van der Waals surface area contributed by atoms with Crippen molar-refractivity contribution in [3.63, 3.8) is 0 Å². The van der Waals surface area contributed by atoms with Gasteiger partial charge < -0.3 is 14.9 Å². The van der Waals surface area contributed by atoms with Gasteiger partial charge in [0.05, 0.1) is 0 Å². The minimum atomic E-state index is 0. The molecular formula is C28H36Cl2GeZr-4. The van der Waals surface area contributed by atoms with E-state index in [0.29, 0.717) is 11.8 Å². The predicted octanol–water partition coefficient (Wildman–Crippen LogP) is 7.76. The van der Waals surface area contributed by atoms with Gasteiger partial charge in [-0.1, -0.05) is 100 Å². The quantitative estimate of drug-likeness (QED) is 0.242. The Labute approximate surface area is 229 Å². The molecule has 0 spiro atoms. The number of benzene rings is 2. The minimum absolute atomic E-state index is 0. The Kier molecular flexibility index (Phi) is 21.1. The van der Waals surface area contributed by atoms with Crippen LogP contribution < -0.4 is 0 Å². The molecule has 32 heavy (non-hydrogen) atoms. The van der Waals surface area contributed by atoms with E-state index >= 15 is 0 Å². The molecule has 0 aromatic heterocycles. The molecule has 0 heterocycles. The first-order valence-corrected chi connectivity index (χ1v) is 20.2. The first-order valence-electron chi connectivity index (χ1n) is 9.65. The Morgan fingerprint density at radius 1 is 0.625 bits per heavy atom. The standard InChI is InChI=1S/2C13H13.2CH3.2ClH.GeH2.Zr/c2*1-10-8-11(2)13(9-10)12-6-4-3-5-7-12;;;;;;/h2*3-7,9-10H,1-2H3;2*1H3;2*1H;1H2;/q4*-1;;;;. The summed E-state index contributed by atoms with van der Waals surface area (Å²) in [6, 6.07) is 21.0. The second kappa shape index (κ2) is 18.8. The van der Waals surface area contributed by atoms with Crippen LogP contribution in [0.1, 0.15) is 38.8 Å². The van der Waals surface area contributed by atoms with Crippen LogP contribution in [0.15, 0.2) is 84.0 Å². The van der Waals surface area contributed by atoms with E-state index in [1.807, 2.05) is 12.1 Å². The summed E-state index contributed by atoms with van der Waals surface area (Å²) in [5.41, 5.74) is 7.84. The van der Waals surface area contributed by atoms with Crippen molar-refractivity contribution in [2.24, 2.45) is 11.8 Å². The van der Waals surface area contributed by atoms with E-state index in [-0.39, 0.29) is 39.7 Å². The van der Waals surface area contributed by atoms with Crippen LogP contribution in [-0.2, 0) is 21.6 Å². The van der Waals surface area contributed by atoms with Crippen LogP contribution in [0.3, 0.4) is 0 Å². The first-order chi connectivity index (χ1) is 13.5. The van der Waals surface area contributed by atoms with Crippen LogP contribution in [0, 0.1) is 38.8 Å². The maximum atomic E-state index is 3.39. The van der Waals surface area contributed by atoms with Crippen molar-refractivity contribution in [1.29, 1.82) is 0 Å². The molecule has 2 aromatic carbocycles. The van der Waals surface area contributed by atoms with E-state index in [1.54, 1.807) is 21.6 Å². The van der Waals surface area contributed by atoms with Crippen molar-refractivity contribution < 1.29 is 21.6 Å². The van der Waals surface area contributed by atoms with E-state index < -0.39 is 0 Å². The van der Waals surface area contributed by atoms with Gasteiger partial charge in [-0.3, -0.25) is 12.2 Å². The Hall–Kier alpha value is -0.594. The van der Waals surface area contributed by atoms with E-state index in [0.717, 1.165) is 0 Å². The second-order valence-electron chi connectivity index (χ2n) is 7.01. The third-order valence-electron chi connectivity index (χ3n) is 4.70. The van der Waals surface area contributed by atoms with Crippen LogP contribution in [0.2, 0.25) is 0 Å². The molecule has 4 heteroatoms. The monoisotopic (exact) mass is 606 g/mol. The van der Waals surface area contributed by atoms with Gasteiger partial charge in [-0.15, -0.1) is 35.9 Å². The number of hydrogen-bond acceptors (Lipinski definition) is 0. The molecule has 2 unspecified atom stereocenters. The van der Waals surface area contributed by atoms with Gasteiger partial charge in [-0.05, 0) is 0 Å². The summed E-state index contributed by atoms with van der Waals surface area (Å²) in [7, 11) is 0. The van der Waals surface area contributed by atoms with Crippen molar-refractivity contribution >= 4 is 48.1 Å². The molecule has 0 saturated heterocycles. The van der Waals surface area contributed by atoms with Gasteiger partial charge >= 0.3 is 33.7 Å². The Morgan fingerprint density at radius 2 is 0.906 bits per heavy atom. The summed E-state index contributed by atoms with van der Waals surface area (Å²) in [5, 5.41) is 0. The summed E-state index contributed by atoms with van der Waals surface area (Å²) >= 11 is 3.14. The fourth-order valence-electron chi connectivity index (χ4n) is 3.53. The molecule has 0 bridgehead atoms. The van der Waals surface area contributed by atoms with Crippen LogP contribution in [0.4, 0.5) is 0 Å². The van der Waals surface area contributed by atoms with E-state index in [2.05, 4.69) is 101 Å². The molecular weight excluding hydrogens is 571 g/mol. The molecule has 0 radical (unpaired) electrons. The molecule has 0 amide bonds. The zero-order valence-corrected chi connectivity index (χ0v) is 27.2. The Morgan fingerprint density at radius 3 is 1.12 bits per heavy atom. The topological polar surface area (TPSA) is 0 Å². The van der Waals surface area contributed by atoms with Gasteiger partial charge in [-0.25, -0.2) is 11.1 Å². The van der Waals surface area contributed by atoms with Gasteiger partial charge in [-0.2, -0.15) is 23.3 Å². The Bertz CT molecular complexity index is 824. The second-order valence-corrected chi connectivity index (χ2v) is 7.01. The van der Waals surface area contributed by atoms with Crippen LogP contribution in [-0.4, -0.2) is 12.1 Å². The fourth-order valence-corrected chi connectivity index (χ4v) is 3.53. The average Bonchev–Trinajstić information content (AvgIpc) is 3.25. The predicted molar refractivity (Wildman–Crippen MR) is 148 cm³/mol. The summed E-state index contributed by atoms with van der Waals surface area (Å²) in [6.07, 6.45) is 11.3. The van der Waals surface area contributed by atoms with Crippen molar-refractivity contribution in [2.45, 2.75) is 27.7 Å². The molecule has 0 saturated carbocycles. The molecule has 2 atom stereocenters. The molecule has 174 valence electrons. The van der Waals surface area contributed by atoms with Crippen molar-refractivity contribution in [1.82, 2.24) is 0 Å². The number of hydrogen-bond donors (Lipinski definition) is 0. The summed E-state index contributed by atoms with van der Waals surface area (Å²) in [5.74, 6) is 0.936. The number of allylic oxidation sites excluding steroid dienone is 8. The third kappa shape index (κ3) is 10.6. The SMILES string of the molecule is CC1=[C-]C(C)C=C1c1ccccc1.CC1=[C-]C(C)C=C1c1ccccc1.Cl.Cl.[CH3-].[CH3-].[GeH2]=[Zr]. The molecule has 0 aliphatic heterocycles. The van der Waals surface area contributed by atoms with Gasteiger partial charge in [0.15, 0.2) is 0 Å². The molecule has 2 aliphatic rings. The first kappa shape index (κ1) is 36.0. The summed E-state index contributed by atoms with van der Waals surface area (Å²) < 4.78 is 0. The van der Waals surface area contributed by atoms with E-state index in [4.69, 9.17) is 0 Å². The van der Waals surface area contributed by atoms with Gasteiger partial charge in [0.25, 0.3) is 0 Å². The zero-order chi connectivity index (χ0) is 20.5. The van der Waals surface area contributed by atoms with Crippen molar-refractivity contribution in [2.75, 3.05) is 0 Å². The molecule has 2 aromatic rings. The molecule has 2 aliphatic carbocycles. The van der Waals surface area contributed by atoms with Gasteiger partial charge in [0.2, 0.25) is 0 Å². The van der Waals surface area contributed by atoms with Crippen molar-refractivity contribution in [3.05, 3.63) is 122 Å². The molecule has 4 rings (SSSR count).